The smallest absolute Gasteiger partial charge is 0.375 e. The molecule has 0 heterocycles. The molecule has 0 unspecified atom stereocenters. The first kappa shape index (κ1) is 28.3. The summed E-state index contributed by atoms with van der Waals surface area (Å²) in [6, 6.07) is 11.4. The Morgan fingerprint density at radius 2 is 1.51 bits per heavy atom. The van der Waals surface area contributed by atoms with Gasteiger partial charge in [0.15, 0.2) is 0 Å². The summed E-state index contributed by atoms with van der Waals surface area (Å²) in [5.41, 5.74) is 0.786. The first-order chi connectivity index (χ1) is 16.4. The molecular weight excluding hydrogens is 491 g/mol. The zero-order valence-corrected chi connectivity index (χ0v) is 22.1. The highest BCUT2D eigenvalue weighted by Gasteiger charge is 2.30. The number of nitrogens with zero attached hydrogens (tertiary/aromatic N) is 2. The van der Waals surface area contributed by atoms with Crippen LogP contribution < -0.4 is 4.90 Å². The molecule has 0 radical (unpaired) electrons. The Kier molecular flexibility index (Phi) is 9.86. The normalized spacial score (nSPS) is 11.1. The predicted molar refractivity (Wildman–Crippen MR) is 137 cm³/mol. The number of rotatable bonds is 10. The van der Waals surface area contributed by atoms with Crippen molar-refractivity contribution < 1.29 is 23.9 Å². The molecule has 0 saturated carbocycles. The van der Waals surface area contributed by atoms with Crippen molar-refractivity contribution in [3.05, 3.63) is 63.6 Å². The Labute approximate surface area is 215 Å². The van der Waals surface area contributed by atoms with Crippen LogP contribution in [0.2, 0.25) is 10.0 Å². The Morgan fingerprint density at radius 3 is 2.03 bits per heavy atom. The van der Waals surface area contributed by atoms with Gasteiger partial charge in [-0.25, -0.2) is 4.79 Å². The minimum Gasteiger partial charge on any atom is -0.454 e. The van der Waals surface area contributed by atoms with Crippen molar-refractivity contribution in [2.24, 2.45) is 0 Å². The quantitative estimate of drug-likeness (QED) is 0.240. The monoisotopic (exact) mass is 520 g/mol. The molecule has 7 nitrogen and oxygen atoms in total. The lowest BCUT2D eigenvalue weighted by molar-refractivity contribution is -0.166. The third-order valence-electron chi connectivity index (χ3n) is 5.83. The molecule has 0 aliphatic carbocycles. The number of halogens is 2. The molecule has 0 fully saturated rings. The zero-order chi connectivity index (χ0) is 26.3. The molecule has 188 valence electrons. The number of benzene rings is 2. The molecule has 2 rings (SSSR count). The summed E-state index contributed by atoms with van der Waals surface area (Å²) < 4.78 is 5.36. The fourth-order valence-electron chi connectivity index (χ4n) is 3.17. The summed E-state index contributed by atoms with van der Waals surface area (Å²) in [7, 11) is 3.28. The van der Waals surface area contributed by atoms with E-state index in [1.54, 1.807) is 63.5 Å². The third kappa shape index (κ3) is 7.54. The molecule has 0 aliphatic rings. The summed E-state index contributed by atoms with van der Waals surface area (Å²) in [6.07, 6.45) is 0.415. The van der Waals surface area contributed by atoms with Crippen molar-refractivity contribution >= 4 is 52.5 Å². The Hall–Kier alpha value is -2.90. The van der Waals surface area contributed by atoms with E-state index < -0.39 is 29.7 Å². The van der Waals surface area contributed by atoms with E-state index in [1.165, 1.54) is 9.80 Å². The standard InChI is InChI=1S/C26H30Cl2N2O5/c1-6-26(3,7-2)35-25(34)22(31)15-23(32)30(16-17-8-13-20(27)21(28)14-17)19-11-9-18(10-12-19)24(33)29(4)5/h8-14H,6-7,15-16H2,1-5H3. The minimum atomic E-state index is -1.04. The van der Waals surface area contributed by atoms with Crippen LogP contribution in [0.3, 0.4) is 0 Å². The van der Waals surface area contributed by atoms with E-state index in [1.807, 2.05) is 13.8 Å². The lowest BCUT2D eigenvalue weighted by Gasteiger charge is -2.27. The zero-order valence-electron chi connectivity index (χ0n) is 20.6. The molecule has 0 aromatic heterocycles. The van der Waals surface area contributed by atoms with Crippen molar-refractivity contribution in [3.63, 3.8) is 0 Å². The SMILES string of the molecule is CCC(C)(CC)OC(=O)C(=O)CC(=O)N(Cc1ccc(Cl)c(Cl)c1)c1ccc(C(=O)N(C)C)cc1. The van der Waals surface area contributed by atoms with Crippen LogP contribution in [0, 0.1) is 0 Å². The van der Waals surface area contributed by atoms with E-state index >= 15 is 0 Å². The number of carbonyl (C=O) groups excluding carboxylic acids is 4. The molecule has 35 heavy (non-hydrogen) atoms. The number of Topliss-reactive ketones (excluding diaryl/α,β-unsaturated/α-hetero) is 1. The number of carbonyl (C=O) groups is 4. The lowest BCUT2D eigenvalue weighted by atomic mass is 10.00. The van der Waals surface area contributed by atoms with Gasteiger partial charge < -0.3 is 14.5 Å². The van der Waals surface area contributed by atoms with Gasteiger partial charge in [0.1, 0.15) is 5.60 Å². The molecule has 0 spiro atoms. The van der Waals surface area contributed by atoms with E-state index in [4.69, 9.17) is 27.9 Å². The fourth-order valence-corrected chi connectivity index (χ4v) is 3.49. The second-order valence-corrected chi connectivity index (χ2v) is 9.44. The Morgan fingerprint density at radius 1 is 0.914 bits per heavy atom. The van der Waals surface area contributed by atoms with Crippen molar-refractivity contribution in [2.45, 2.75) is 52.2 Å². The average Bonchev–Trinajstić information content (AvgIpc) is 2.83. The van der Waals surface area contributed by atoms with Gasteiger partial charge in [-0.2, -0.15) is 0 Å². The average molecular weight is 521 g/mol. The van der Waals surface area contributed by atoms with Crippen molar-refractivity contribution in [1.29, 1.82) is 0 Å². The molecule has 0 aliphatic heterocycles. The van der Waals surface area contributed by atoms with Crippen LogP contribution in [-0.4, -0.2) is 48.2 Å². The molecule has 0 atom stereocenters. The molecule has 2 aromatic rings. The first-order valence-corrected chi connectivity index (χ1v) is 12.0. The predicted octanol–water partition coefficient (Wildman–Crippen LogP) is 5.31. The molecule has 0 N–H and O–H groups in total. The van der Waals surface area contributed by atoms with Gasteiger partial charge in [-0.15, -0.1) is 0 Å². The van der Waals surface area contributed by atoms with Crippen LogP contribution in [0.1, 0.15) is 56.0 Å². The van der Waals surface area contributed by atoms with Crippen LogP contribution in [-0.2, 0) is 25.7 Å². The Balaban J connectivity index is 2.31. The summed E-state index contributed by atoms with van der Waals surface area (Å²) in [5, 5.41) is 0.689. The maximum atomic E-state index is 13.2. The van der Waals surface area contributed by atoms with Crippen LogP contribution in [0.4, 0.5) is 5.69 Å². The van der Waals surface area contributed by atoms with Gasteiger partial charge in [-0.3, -0.25) is 14.4 Å². The van der Waals surface area contributed by atoms with Gasteiger partial charge in [0.2, 0.25) is 11.7 Å². The maximum Gasteiger partial charge on any atom is 0.375 e. The van der Waals surface area contributed by atoms with Crippen LogP contribution in [0.25, 0.3) is 0 Å². The lowest BCUT2D eigenvalue weighted by Crippen LogP contribution is -2.37. The van der Waals surface area contributed by atoms with Crippen molar-refractivity contribution in [2.75, 3.05) is 19.0 Å². The number of anilines is 1. The van der Waals surface area contributed by atoms with E-state index in [9.17, 15) is 19.2 Å². The number of ketones is 1. The molecule has 2 amide bonds. The van der Waals surface area contributed by atoms with Gasteiger partial charge in [0, 0.05) is 25.3 Å². The summed E-state index contributed by atoms with van der Waals surface area (Å²) >= 11 is 12.1. The number of ether oxygens (including phenoxy) is 1. The third-order valence-corrected chi connectivity index (χ3v) is 6.57. The summed E-state index contributed by atoms with van der Waals surface area (Å²) in [6.45, 7) is 5.53. The van der Waals surface area contributed by atoms with Crippen molar-refractivity contribution in [3.8, 4) is 0 Å². The van der Waals surface area contributed by atoms with Crippen molar-refractivity contribution in [1.82, 2.24) is 4.90 Å². The van der Waals surface area contributed by atoms with Crippen LogP contribution in [0.5, 0.6) is 0 Å². The highest BCUT2D eigenvalue weighted by atomic mass is 35.5. The molecular formula is C26H30Cl2N2O5. The van der Waals surface area contributed by atoms with Gasteiger partial charge in [-0.1, -0.05) is 43.1 Å². The van der Waals surface area contributed by atoms with E-state index in [2.05, 4.69) is 0 Å². The van der Waals surface area contributed by atoms with Crippen LogP contribution in [0.15, 0.2) is 42.5 Å². The molecule has 2 aromatic carbocycles. The highest BCUT2D eigenvalue weighted by Crippen LogP contribution is 2.26. The van der Waals surface area contributed by atoms with Gasteiger partial charge in [0.05, 0.1) is 23.0 Å². The molecule has 9 heteroatoms. The number of hydrogen-bond donors (Lipinski definition) is 0. The highest BCUT2D eigenvalue weighted by molar-refractivity contribution is 6.42. The maximum absolute atomic E-state index is 13.2. The number of amides is 2. The topological polar surface area (TPSA) is 84.0 Å². The van der Waals surface area contributed by atoms with Crippen LogP contribution >= 0.6 is 23.2 Å². The molecule has 0 saturated heterocycles. The fraction of sp³-hybridized carbons (Fsp3) is 0.385. The summed E-state index contributed by atoms with van der Waals surface area (Å²) in [5.74, 6) is -2.75. The van der Waals surface area contributed by atoms with E-state index in [0.717, 1.165) is 0 Å². The largest absolute Gasteiger partial charge is 0.454 e. The van der Waals surface area contributed by atoms with Gasteiger partial charge in [0.25, 0.3) is 5.91 Å². The Bertz CT molecular complexity index is 1100. The van der Waals surface area contributed by atoms with Gasteiger partial charge in [-0.05, 0) is 61.7 Å². The summed E-state index contributed by atoms with van der Waals surface area (Å²) in [4.78, 5) is 53.2. The number of esters is 1. The van der Waals surface area contributed by atoms with E-state index in [0.29, 0.717) is 39.7 Å². The second kappa shape index (κ2) is 12.2. The first-order valence-electron chi connectivity index (χ1n) is 11.2. The minimum absolute atomic E-state index is 0.0701. The second-order valence-electron chi connectivity index (χ2n) is 8.62. The van der Waals surface area contributed by atoms with Gasteiger partial charge >= 0.3 is 5.97 Å². The molecule has 0 bridgehead atoms. The number of hydrogen-bond acceptors (Lipinski definition) is 5. The van der Waals surface area contributed by atoms with E-state index in [-0.39, 0.29) is 12.5 Å².